The highest BCUT2D eigenvalue weighted by Gasteiger charge is 2.07. The van der Waals surface area contributed by atoms with Crippen LogP contribution in [-0.4, -0.2) is 34.7 Å². The van der Waals surface area contributed by atoms with E-state index in [2.05, 4.69) is 25.0 Å². The van der Waals surface area contributed by atoms with Crippen molar-refractivity contribution in [2.75, 3.05) is 0 Å². The number of rotatable bonds is 2. The van der Waals surface area contributed by atoms with Gasteiger partial charge in [-0.1, -0.05) is 12.2 Å². The normalized spacial score (nSPS) is 10.7. The van der Waals surface area contributed by atoms with Gasteiger partial charge in [-0.2, -0.15) is 0 Å². The van der Waals surface area contributed by atoms with Crippen molar-refractivity contribution in [2.45, 2.75) is 0 Å². The number of nitrogens with two attached hydrogens (primary N) is 1. The van der Waals surface area contributed by atoms with Crippen LogP contribution in [-0.2, 0) is 0 Å². The summed E-state index contributed by atoms with van der Waals surface area (Å²) in [5.41, 5.74) is 6.71. The van der Waals surface area contributed by atoms with Crippen molar-refractivity contribution in [1.82, 2.24) is 29.7 Å². The van der Waals surface area contributed by atoms with Crippen LogP contribution in [0.4, 0.5) is 0 Å². The van der Waals surface area contributed by atoms with Gasteiger partial charge in [0.2, 0.25) is 5.82 Å². The van der Waals surface area contributed by atoms with Crippen molar-refractivity contribution in [3.05, 3.63) is 36.7 Å². The van der Waals surface area contributed by atoms with E-state index in [1.165, 1.54) is 11.0 Å². The van der Waals surface area contributed by atoms with E-state index < -0.39 is 0 Å². The molecule has 0 spiro atoms. The molecule has 3 aromatic rings. The summed E-state index contributed by atoms with van der Waals surface area (Å²) in [6.07, 6.45) is 4.70. The van der Waals surface area contributed by atoms with E-state index >= 15 is 0 Å². The zero-order valence-corrected chi connectivity index (χ0v) is 9.87. The average molecular weight is 257 g/mol. The third-order valence-corrected chi connectivity index (χ3v) is 2.45. The summed E-state index contributed by atoms with van der Waals surface area (Å²) in [6.45, 7) is 0. The zero-order chi connectivity index (χ0) is 12.5. The highest BCUT2D eigenvalue weighted by molar-refractivity contribution is 7.80. The Kier molecular flexibility index (Phi) is 2.41. The van der Waals surface area contributed by atoms with Gasteiger partial charge in [-0.05, 0) is 12.1 Å². The molecule has 8 heteroatoms. The van der Waals surface area contributed by atoms with Crippen LogP contribution in [0.1, 0.15) is 5.82 Å². The largest absolute Gasteiger partial charge is 0.387 e. The van der Waals surface area contributed by atoms with E-state index in [-0.39, 0.29) is 4.99 Å². The lowest BCUT2D eigenvalue weighted by atomic mass is 10.4. The summed E-state index contributed by atoms with van der Waals surface area (Å²) in [6, 6.07) is 3.59. The van der Waals surface area contributed by atoms with Gasteiger partial charge >= 0.3 is 0 Å². The van der Waals surface area contributed by atoms with E-state index in [9.17, 15) is 0 Å². The van der Waals surface area contributed by atoms with Crippen LogP contribution >= 0.6 is 12.2 Å². The molecule has 0 saturated carbocycles. The molecule has 0 fully saturated rings. The molecule has 0 unspecified atom stereocenters. The van der Waals surface area contributed by atoms with Gasteiger partial charge in [-0.3, -0.25) is 4.98 Å². The molecular formula is C10H7N7S. The van der Waals surface area contributed by atoms with Gasteiger partial charge in [-0.25, -0.2) is 19.6 Å². The van der Waals surface area contributed by atoms with Gasteiger partial charge in [-0.15, -0.1) is 5.10 Å². The number of nitrogens with zero attached hydrogens (tertiary/aromatic N) is 6. The Balaban J connectivity index is 2.10. The molecule has 0 radical (unpaired) electrons. The molecule has 0 aromatic carbocycles. The van der Waals surface area contributed by atoms with Crippen LogP contribution < -0.4 is 5.73 Å². The summed E-state index contributed by atoms with van der Waals surface area (Å²) in [5, 5.41) is 4.12. The standard InChI is InChI=1S/C10H7N7S/c11-8(18)10-14-5-17(16-10)7-2-1-6-9(15-7)13-4-3-12-6/h1-5H,(H2,11,18). The molecule has 0 bridgehead atoms. The molecule has 0 aliphatic heterocycles. The SMILES string of the molecule is NC(=S)c1ncn(-c2ccc3nccnc3n2)n1. The second-order valence-corrected chi connectivity index (χ2v) is 3.89. The first-order chi connectivity index (χ1) is 8.74. The average Bonchev–Trinajstić information content (AvgIpc) is 2.88. The topological polar surface area (TPSA) is 95.4 Å². The second kappa shape index (κ2) is 4.08. The van der Waals surface area contributed by atoms with Gasteiger partial charge < -0.3 is 5.73 Å². The highest BCUT2D eigenvalue weighted by atomic mass is 32.1. The number of thiocarbonyl (C=S) groups is 1. The number of aromatic nitrogens is 6. The minimum absolute atomic E-state index is 0.148. The van der Waals surface area contributed by atoms with Crippen LogP contribution in [0.15, 0.2) is 30.9 Å². The van der Waals surface area contributed by atoms with Crippen LogP contribution in [0.2, 0.25) is 0 Å². The van der Waals surface area contributed by atoms with Crippen LogP contribution in [0.3, 0.4) is 0 Å². The molecule has 7 nitrogen and oxygen atoms in total. The van der Waals surface area contributed by atoms with Crippen LogP contribution in [0, 0.1) is 0 Å². The zero-order valence-electron chi connectivity index (χ0n) is 9.06. The van der Waals surface area contributed by atoms with Gasteiger partial charge in [0, 0.05) is 12.4 Å². The fourth-order valence-electron chi connectivity index (χ4n) is 1.46. The van der Waals surface area contributed by atoms with E-state index in [4.69, 9.17) is 18.0 Å². The predicted molar refractivity (Wildman–Crippen MR) is 68.1 cm³/mol. The van der Waals surface area contributed by atoms with Gasteiger partial charge in [0.05, 0.1) is 0 Å². The fraction of sp³-hybridized carbons (Fsp3) is 0. The molecular weight excluding hydrogens is 250 g/mol. The van der Waals surface area contributed by atoms with Crippen molar-refractivity contribution < 1.29 is 0 Å². The second-order valence-electron chi connectivity index (χ2n) is 3.45. The monoisotopic (exact) mass is 257 g/mol. The van der Waals surface area contributed by atoms with Gasteiger partial charge in [0.15, 0.2) is 11.5 Å². The number of hydrogen-bond donors (Lipinski definition) is 1. The molecule has 0 atom stereocenters. The molecule has 3 heterocycles. The van der Waals surface area contributed by atoms with Crippen molar-refractivity contribution >= 4 is 28.4 Å². The predicted octanol–water partition coefficient (Wildman–Crippen LogP) is 0.240. The Morgan fingerprint density at radius 1 is 1.17 bits per heavy atom. The number of fused-ring (bicyclic) bond motifs is 1. The quantitative estimate of drug-likeness (QED) is 0.657. The third kappa shape index (κ3) is 1.78. The molecule has 0 saturated heterocycles. The van der Waals surface area contributed by atoms with E-state index in [0.717, 1.165) is 5.52 Å². The highest BCUT2D eigenvalue weighted by Crippen LogP contribution is 2.09. The number of hydrogen-bond acceptors (Lipinski definition) is 6. The first-order valence-electron chi connectivity index (χ1n) is 5.03. The van der Waals surface area contributed by atoms with Crippen LogP contribution in [0.25, 0.3) is 17.0 Å². The van der Waals surface area contributed by atoms with E-state index in [1.54, 1.807) is 18.5 Å². The van der Waals surface area contributed by atoms with E-state index in [0.29, 0.717) is 17.3 Å². The molecule has 0 amide bonds. The minimum atomic E-state index is 0.148. The van der Waals surface area contributed by atoms with Gasteiger partial charge in [0.25, 0.3) is 0 Å². The van der Waals surface area contributed by atoms with Crippen molar-refractivity contribution in [1.29, 1.82) is 0 Å². The molecule has 3 rings (SSSR count). The fourth-order valence-corrected chi connectivity index (χ4v) is 1.55. The first-order valence-corrected chi connectivity index (χ1v) is 5.44. The molecule has 18 heavy (non-hydrogen) atoms. The Bertz CT molecular complexity index is 736. The van der Waals surface area contributed by atoms with Crippen LogP contribution in [0.5, 0.6) is 0 Å². The van der Waals surface area contributed by atoms with Gasteiger partial charge in [0.1, 0.15) is 16.8 Å². The third-order valence-electron chi connectivity index (χ3n) is 2.26. The van der Waals surface area contributed by atoms with Crippen molar-refractivity contribution in [3.63, 3.8) is 0 Å². The lowest BCUT2D eigenvalue weighted by molar-refractivity contribution is 0.845. The smallest absolute Gasteiger partial charge is 0.208 e. The lowest BCUT2D eigenvalue weighted by Crippen LogP contribution is -2.12. The maximum atomic E-state index is 5.45. The number of pyridine rings is 1. The lowest BCUT2D eigenvalue weighted by Gasteiger charge is -2.00. The maximum Gasteiger partial charge on any atom is 0.208 e. The first kappa shape index (κ1) is 10.7. The molecule has 88 valence electrons. The van der Waals surface area contributed by atoms with Crippen molar-refractivity contribution in [3.8, 4) is 5.82 Å². The molecule has 0 aliphatic carbocycles. The summed E-state index contributed by atoms with van der Waals surface area (Å²) >= 11 is 4.80. The van der Waals surface area contributed by atoms with Crippen molar-refractivity contribution in [2.24, 2.45) is 5.73 Å². The summed E-state index contributed by atoms with van der Waals surface area (Å²) in [7, 11) is 0. The minimum Gasteiger partial charge on any atom is -0.387 e. The molecule has 0 aliphatic rings. The summed E-state index contributed by atoms with van der Waals surface area (Å²) in [4.78, 5) is 16.7. The Morgan fingerprint density at radius 2 is 2.00 bits per heavy atom. The Hall–Kier alpha value is -2.48. The molecule has 2 N–H and O–H groups in total. The molecule has 3 aromatic heterocycles. The Morgan fingerprint density at radius 3 is 2.78 bits per heavy atom. The Labute approximate surface area is 107 Å². The summed E-state index contributed by atoms with van der Waals surface area (Å²) in [5.74, 6) is 0.893. The maximum absolute atomic E-state index is 5.45. The summed E-state index contributed by atoms with van der Waals surface area (Å²) < 4.78 is 1.49. The van der Waals surface area contributed by atoms with E-state index in [1.807, 2.05) is 6.07 Å².